The van der Waals surface area contributed by atoms with Crippen LogP contribution in [-0.4, -0.2) is 32.9 Å². The third kappa shape index (κ3) is 5.13. The molecule has 1 N–H and O–H groups in total. The van der Waals surface area contributed by atoms with E-state index in [0.29, 0.717) is 11.1 Å². The fourth-order valence-electron chi connectivity index (χ4n) is 2.30. The summed E-state index contributed by atoms with van der Waals surface area (Å²) in [5.74, 6) is -1.27. The van der Waals surface area contributed by atoms with Crippen LogP contribution in [0.15, 0.2) is 48.5 Å². The van der Waals surface area contributed by atoms with Crippen LogP contribution < -0.4 is 9.62 Å². The molecule has 1 amide bonds. The number of hydrogen-bond acceptors (Lipinski definition) is 4. The van der Waals surface area contributed by atoms with Crippen molar-refractivity contribution < 1.29 is 22.4 Å². The van der Waals surface area contributed by atoms with Gasteiger partial charge in [0.05, 0.1) is 11.9 Å². The van der Waals surface area contributed by atoms with Crippen molar-refractivity contribution >= 4 is 27.4 Å². The van der Waals surface area contributed by atoms with Crippen LogP contribution in [0, 0.1) is 5.82 Å². The molecule has 0 atom stereocenters. The topological polar surface area (TPSA) is 83.6 Å². The number of anilines is 1. The minimum atomic E-state index is -3.76. The highest BCUT2D eigenvalue weighted by Crippen LogP contribution is 2.19. The fraction of sp³-hybridized carbons (Fsp3) is 0.222. The Morgan fingerprint density at radius 3 is 2.42 bits per heavy atom. The lowest BCUT2D eigenvalue weighted by Gasteiger charge is -2.22. The lowest BCUT2D eigenvalue weighted by molar-refractivity contribution is -0.119. The Balaban J connectivity index is 2.16. The predicted octanol–water partition coefficient (Wildman–Crippen LogP) is 2.11. The van der Waals surface area contributed by atoms with E-state index in [4.69, 9.17) is 0 Å². The van der Waals surface area contributed by atoms with Crippen molar-refractivity contribution in [3.05, 3.63) is 65.5 Å². The number of amides is 1. The molecule has 0 aliphatic heterocycles. The molecule has 2 aromatic carbocycles. The summed E-state index contributed by atoms with van der Waals surface area (Å²) in [5.41, 5.74) is 0.842. The van der Waals surface area contributed by atoms with Crippen LogP contribution in [0.2, 0.25) is 0 Å². The minimum Gasteiger partial charge on any atom is -0.350 e. The molecule has 0 aliphatic rings. The molecule has 2 rings (SSSR count). The summed E-state index contributed by atoms with van der Waals surface area (Å²) in [5, 5.41) is 2.50. The maximum atomic E-state index is 13.6. The first-order chi connectivity index (χ1) is 12.2. The third-order valence-electron chi connectivity index (χ3n) is 3.66. The number of halogens is 1. The number of sulfonamides is 1. The average Bonchev–Trinajstić information content (AvgIpc) is 2.58. The monoisotopic (exact) mass is 378 g/mol. The Morgan fingerprint density at radius 2 is 1.81 bits per heavy atom. The van der Waals surface area contributed by atoms with Gasteiger partial charge in [-0.25, -0.2) is 12.8 Å². The van der Waals surface area contributed by atoms with Crippen molar-refractivity contribution in [1.29, 1.82) is 0 Å². The number of Topliss-reactive ketones (excluding diaryl/α,β-unsaturated/α-hetero) is 1. The van der Waals surface area contributed by atoms with Gasteiger partial charge >= 0.3 is 0 Å². The molecule has 26 heavy (non-hydrogen) atoms. The van der Waals surface area contributed by atoms with Gasteiger partial charge in [0, 0.05) is 17.7 Å². The predicted molar refractivity (Wildman–Crippen MR) is 96.9 cm³/mol. The number of carbonyl (C=O) groups is 2. The van der Waals surface area contributed by atoms with Crippen molar-refractivity contribution in [3.63, 3.8) is 0 Å². The molecule has 0 fully saturated rings. The summed E-state index contributed by atoms with van der Waals surface area (Å²) in [6.45, 7) is 0.830. The standard InChI is InChI=1S/C18H19FN2O4S/c1-13(22)14-7-5-8-16(10-14)21(26(2,24)25)12-18(23)20-11-15-6-3-4-9-17(15)19/h3-10H,11-12H2,1-2H3,(H,20,23). The van der Waals surface area contributed by atoms with Gasteiger partial charge in [-0.3, -0.25) is 13.9 Å². The number of carbonyl (C=O) groups excluding carboxylic acids is 2. The van der Waals surface area contributed by atoms with Gasteiger partial charge in [-0.1, -0.05) is 30.3 Å². The number of hydrogen-bond donors (Lipinski definition) is 1. The molecule has 0 bridgehead atoms. The lowest BCUT2D eigenvalue weighted by Crippen LogP contribution is -2.40. The van der Waals surface area contributed by atoms with E-state index in [0.717, 1.165) is 10.6 Å². The van der Waals surface area contributed by atoms with E-state index in [9.17, 15) is 22.4 Å². The molecule has 8 heteroatoms. The van der Waals surface area contributed by atoms with Gasteiger partial charge in [-0.2, -0.15) is 0 Å². The van der Waals surface area contributed by atoms with Crippen LogP contribution in [-0.2, 0) is 21.4 Å². The van der Waals surface area contributed by atoms with Gasteiger partial charge in [-0.15, -0.1) is 0 Å². The van der Waals surface area contributed by atoms with Crippen LogP contribution in [0.1, 0.15) is 22.8 Å². The van der Waals surface area contributed by atoms with E-state index in [-0.39, 0.29) is 18.0 Å². The molecule has 0 spiro atoms. The van der Waals surface area contributed by atoms with E-state index in [1.165, 1.54) is 37.3 Å². The van der Waals surface area contributed by atoms with Crippen LogP contribution in [0.4, 0.5) is 10.1 Å². The Kier molecular flexibility index (Phi) is 6.10. The van der Waals surface area contributed by atoms with Gasteiger partial charge in [0.1, 0.15) is 12.4 Å². The fourth-order valence-corrected chi connectivity index (χ4v) is 3.15. The Labute approximate surface area is 151 Å². The summed E-state index contributed by atoms with van der Waals surface area (Å²) in [4.78, 5) is 23.7. The summed E-state index contributed by atoms with van der Waals surface area (Å²) >= 11 is 0. The number of benzene rings is 2. The zero-order chi connectivity index (χ0) is 19.3. The van der Waals surface area contributed by atoms with Gasteiger partial charge in [-0.05, 0) is 25.1 Å². The quantitative estimate of drug-likeness (QED) is 0.748. The number of rotatable bonds is 7. The molecule has 6 nitrogen and oxygen atoms in total. The third-order valence-corrected chi connectivity index (χ3v) is 4.80. The van der Waals surface area contributed by atoms with Gasteiger partial charge in [0.2, 0.25) is 15.9 Å². The van der Waals surface area contributed by atoms with Crippen LogP contribution >= 0.6 is 0 Å². The van der Waals surface area contributed by atoms with E-state index < -0.39 is 28.3 Å². The summed E-state index contributed by atoms with van der Waals surface area (Å²) < 4.78 is 38.6. The molecule has 0 saturated carbocycles. The first-order valence-electron chi connectivity index (χ1n) is 7.77. The van der Waals surface area contributed by atoms with Gasteiger partial charge in [0.25, 0.3) is 0 Å². The molecule has 0 aromatic heterocycles. The first-order valence-corrected chi connectivity index (χ1v) is 9.62. The second-order valence-corrected chi connectivity index (χ2v) is 7.65. The van der Waals surface area contributed by atoms with Crippen molar-refractivity contribution in [2.24, 2.45) is 0 Å². The highest BCUT2D eigenvalue weighted by molar-refractivity contribution is 7.92. The van der Waals surface area contributed by atoms with Crippen molar-refractivity contribution in [2.75, 3.05) is 17.1 Å². The molecule has 0 unspecified atom stereocenters. The minimum absolute atomic E-state index is 0.0589. The molecule has 0 heterocycles. The largest absolute Gasteiger partial charge is 0.350 e. The van der Waals surface area contributed by atoms with Crippen LogP contribution in [0.25, 0.3) is 0 Å². The number of nitrogens with one attached hydrogen (secondary N) is 1. The molecule has 0 radical (unpaired) electrons. The Hall–Kier alpha value is -2.74. The molecule has 0 aliphatic carbocycles. The van der Waals surface area contributed by atoms with E-state index >= 15 is 0 Å². The van der Waals surface area contributed by atoms with E-state index in [1.54, 1.807) is 18.2 Å². The highest BCUT2D eigenvalue weighted by atomic mass is 32.2. The normalized spacial score (nSPS) is 11.0. The summed E-state index contributed by atoms with van der Waals surface area (Å²) in [7, 11) is -3.76. The van der Waals surface area contributed by atoms with Crippen LogP contribution in [0.3, 0.4) is 0 Å². The second kappa shape index (κ2) is 8.09. The molecule has 2 aromatic rings. The maximum absolute atomic E-state index is 13.6. The zero-order valence-corrected chi connectivity index (χ0v) is 15.2. The molecule has 138 valence electrons. The average molecular weight is 378 g/mol. The highest BCUT2D eigenvalue weighted by Gasteiger charge is 2.21. The smallest absolute Gasteiger partial charge is 0.241 e. The van der Waals surface area contributed by atoms with Crippen LogP contribution in [0.5, 0.6) is 0 Å². The Morgan fingerprint density at radius 1 is 1.12 bits per heavy atom. The first kappa shape index (κ1) is 19.6. The summed E-state index contributed by atoms with van der Waals surface area (Å²) in [6.07, 6.45) is 0.970. The summed E-state index contributed by atoms with van der Waals surface area (Å²) in [6, 6.07) is 12.0. The van der Waals surface area contributed by atoms with Gasteiger partial charge < -0.3 is 5.32 Å². The van der Waals surface area contributed by atoms with Gasteiger partial charge in [0.15, 0.2) is 5.78 Å². The van der Waals surface area contributed by atoms with Crippen molar-refractivity contribution in [3.8, 4) is 0 Å². The van der Waals surface area contributed by atoms with Crippen molar-refractivity contribution in [2.45, 2.75) is 13.5 Å². The number of ketones is 1. The maximum Gasteiger partial charge on any atom is 0.241 e. The number of nitrogens with zero attached hydrogens (tertiary/aromatic N) is 1. The lowest BCUT2D eigenvalue weighted by atomic mass is 10.1. The van der Waals surface area contributed by atoms with E-state index in [1.807, 2.05) is 0 Å². The van der Waals surface area contributed by atoms with E-state index in [2.05, 4.69) is 5.32 Å². The molecule has 0 saturated heterocycles. The van der Waals surface area contributed by atoms with Crippen molar-refractivity contribution in [1.82, 2.24) is 5.32 Å². The molecular weight excluding hydrogens is 359 g/mol. The SMILES string of the molecule is CC(=O)c1cccc(N(CC(=O)NCc2ccccc2F)S(C)(=O)=O)c1. The second-order valence-electron chi connectivity index (χ2n) is 5.74. The zero-order valence-electron chi connectivity index (χ0n) is 14.4. The Bertz CT molecular complexity index is 928. The molecular formula is C18H19FN2O4S.